The summed E-state index contributed by atoms with van der Waals surface area (Å²) in [7, 11) is 1.08. The van der Waals surface area contributed by atoms with Gasteiger partial charge in [0.15, 0.2) is 5.82 Å². The minimum absolute atomic E-state index is 0.249. The molecule has 1 unspecified atom stereocenters. The summed E-state index contributed by atoms with van der Waals surface area (Å²) in [6, 6.07) is 5.79. The van der Waals surface area contributed by atoms with Gasteiger partial charge in [-0.25, -0.2) is 4.39 Å². The molecule has 0 radical (unpaired) electrons. The molecule has 28 heavy (non-hydrogen) atoms. The minimum Gasteiger partial charge on any atom is -0.385 e. The van der Waals surface area contributed by atoms with Crippen molar-refractivity contribution in [3.05, 3.63) is 35.9 Å². The largest absolute Gasteiger partial charge is 0.385 e. The standard InChI is InChI=1S/C18H25FN4O4S/c1-22(2)28(24,25)23-11-4-9-18(13-23,10-12-26-3)17-20-16(27-21-17)14-5-7-15(19)8-6-14/h5-8H,4,9-13H2,1-3H3. The van der Waals surface area contributed by atoms with Crippen LogP contribution in [0.25, 0.3) is 11.5 Å². The molecule has 1 atom stereocenters. The molecule has 8 nitrogen and oxygen atoms in total. The van der Waals surface area contributed by atoms with E-state index in [1.165, 1.54) is 34.8 Å². The van der Waals surface area contributed by atoms with Crippen LogP contribution >= 0.6 is 0 Å². The van der Waals surface area contributed by atoms with Gasteiger partial charge in [0, 0.05) is 51.9 Å². The van der Waals surface area contributed by atoms with Gasteiger partial charge in [0.1, 0.15) is 5.82 Å². The van der Waals surface area contributed by atoms with Crippen molar-refractivity contribution in [3.8, 4) is 11.5 Å². The van der Waals surface area contributed by atoms with E-state index >= 15 is 0 Å². The second-order valence-electron chi connectivity index (χ2n) is 7.18. The summed E-state index contributed by atoms with van der Waals surface area (Å²) < 4.78 is 51.8. The maximum absolute atomic E-state index is 13.2. The molecule has 1 saturated heterocycles. The first-order chi connectivity index (χ1) is 13.3. The van der Waals surface area contributed by atoms with Gasteiger partial charge < -0.3 is 9.26 Å². The van der Waals surface area contributed by atoms with Gasteiger partial charge in [-0.15, -0.1) is 0 Å². The fraction of sp³-hybridized carbons (Fsp3) is 0.556. The topological polar surface area (TPSA) is 88.8 Å². The Morgan fingerprint density at radius 3 is 2.68 bits per heavy atom. The predicted octanol–water partition coefficient (Wildman–Crippen LogP) is 2.05. The SMILES string of the molecule is COCCC1(c2noc(-c3ccc(F)cc3)n2)CCCN(S(=O)(=O)N(C)C)C1. The Labute approximate surface area is 164 Å². The van der Waals surface area contributed by atoms with Gasteiger partial charge in [0.05, 0.1) is 0 Å². The lowest BCUT2D eigenvalue weighted by atomic mass is 9.77. The van der Waals surface area contributed by atoms with Crippen molar-refractivity contribution < 1.29 is 22.1 Å². The lowest BCUT2D eigenvalue weighted by molar-refractivity contribution is 0.126. The average molecular weight is 412 g/mol. The second kappa shape index (κ2) is 8.24. The highest BCUT2D eigenvalue weighted by atomic mass is 32.2. The molecule has 0 saturated carbocycles. The molecule has 0 spiro atoms. The summed E-state index contributed by atoms with van der Waals surface area (Å²) in [6.07, 6.45) is 1.96. The molecular formula is C18H25FN4O4S. The first-order valence-corrected chi connectivity index (χ1v) is 10.4. The zero-order valence-corrected chi connectivity index (χ0v) is 17.1. The molecule has 0 N–H and O–H groups in total. The Hall–Kier alpha value is -1.88. The molecule has 1 aliphatic heterocycles. The molecule has 10 heteroatoms. The zero-order valence-electron chi connectivity index (χ0n) is 16.3. The summed E-state index contributed by atoms with van der Waals surface area (Å²) in [5.41, 5.74) is -0.00493. The van der Waals surface area contributed by atoms with Crippen molar-refractivity contribution in [1.82, 2.24) is 18.8 Å². The molecule has 0 bridgehead atoms. The fourth-order valence-corrected chi connectivity index (χ4v) is 4.69. The molecule has 1 fully saturated rings. The van der Waals surface area contributed by atoms with Crippen molar-refractivity contribution in [2.24, 2.45) is 0 Å². The van der Waals surface area contributed by atoms with Crippen LogP contribution in [-0.4, -0.2) is 68.1 Å². The molecule has 3 rings (SSSR count). The Bertz CT molecular complexity index is 901. The van der Waals surface area contributed by atoms with Crippen LogP contribution in [0.2, 0.25) is 0 Å². The van der Waals surface area contributed by atoms with E-state index in [0.717, 1.165) is 6.42 Å². The van der Waals surface area contributed by atoms with Gasteiger partial charge >= 0.3 is 0 Å². The van der Waals surface area contributed by atoms with Crippen molar-refractivity contribution in [3.63, 3.8) is 0 Å². The highest BCUT2D eigenvalue weighted by molar-refractivity contribution is 7.86. The van der Waals surface area contributed by atoms with Gasteiger partial charge in [-0.1, -0.05) is 5.16 Å². The lowest BCUT2D eigenvalue weighted by Crippen LogP contribution is -2.52. The van der Waals surface area contributed by atoms with Gasteiger partial charge in [-0.2, -0.15) is 22.0 Å². The van der Waals surface area contributed by atoms with E-state index in [2.05, 4.69) is 10.1 Å². The monoisotopic (exact) mass is 412 g/mol. The first kappa shape index (κ1) is 20.8. The van der Waals surface area contributed by atoms with Gasteiger partial charge in [-0.3, -0.25) is 0 Å². The van der Waals surface area contributed by atoms with Crippen molar-refractivity contribution in [2.75, 3.05) is 40.9 Å². The Morgan fingerprint density at radius 2 is 2.04 bits per heavy atom. The molecule has 2 aromatic rings. The molecule has 154 valence electrons. The minimum atomic E-state index is -3.56. The van der Waals surface area contributed by atoms with Crippen LogP contribution in [0.1, 0.15) is 25.1 Å². The third-order valence-corrected chi connectivity index (χ3v) is 6.99. The van der Waals surface area contributed by atoms with Crippen molar-refractivity contribution in [1.29, 1.82) is 0 Å². The third-order valence-electron chi connectivity index (χ3n) is 5.11. The van der Waals surface area contributed by atoms with Gasteiger partial charge in [-0.05, 0) is 43.5 Å². The molecule has 1 aromatic heterocycles. The van der Waals surface area contributed by atoms with Crippen LogP contribution in [-0.2, 0) is 20.4 Å². The first-order valence-electron chi connectivity index (χ1n) is 9.05. The molecule has 0 amide bonds. The number of hydrogen-bond donors (Lipinski definition) is 0. The molecule has 2 heterocycles. The van der Waals surface area contributed by atoms with Crippen LogP contribution < -0.4 is 0 Å². The summed E-state index contributed by atoms with van der Waals surface area (Å²) in [5.74, 6) is 0.374. The van der Waals surface area contributed by atoms with E-state index in [1.54, 1.807) is 19.2 Å². The molecule has 1 aliphatic rings. The van der Waals surface area contributed by atoms with Gasteiger partial charge in [0.2, 0.25) is 0 Å². The fourth-order valence-electron chi connectivity index (χ4n) is 3.46. The number of ether oxygens (including phenoxy) is 1. The van der Waals surface area contributed by atoms with Gasteiger partial charge in [0.25, 0.3) is 16.1 Å². The highest BCUT2D eigenvalue weighted by Gasteiger charge is 2.44. The number of hydrogen-bond acceptors (Lipinski definition) is 6. The molecular weight excluding hydrogens is 387 g/mol. The van der Waals surface area contributed by atoms with Crippen LogP contribution in [0.3, 0.4) is 0 Å². The van der Waals surface area contributed by atoms with Crippen molar-refractivity contribution >= 4 is 10.2 Å². The zero-order chi connectivity index (χ0) is 20.4. The number of halogens is 1. The van der Waals surface area contributed by atoms with E-state index in [0.29, 0.717) is 37.4 Å². The predicted molar refractivity (Wildman–Crippen MR) is 101 cm³/mol. The average Bonchev–Trinajstić information content (AvgIpc) is 3.18. The van der Waals surface area contributed by atoms with E-state index in [-0.39, 0.29) is 18.3 Å². The van der Waals surface area contributed by atoms with Crippen LogP contribution in [0.15, 0.2) is 28.8 Å². The number of methoxy groups -OCH3 is 1. The summed E-state index contributed by atoms with van der Waals surface area (Å²) >= 11 is 0. The van der Waals surface area contributed by atoms with E-state index < -0.39 is 15.6 Å². The quantitative estimate of drug-likeness (QED) is 0.692. The van der Waals surface area contributed by atoms with Crippen LogP contribution in [0.4, 0.5) is 4.39 Å². The number of aromatic nitrogens is 2. The van der Waals surface area contributed by atoms with E-state index in [4.69, 9.17) is 9.26 Å². The number of benzene rings is 1. The normalized spacial score (nSPS) is 21.3. The van der Waals surface area contributed by atoms with E-state index in [1.807, 2.05) is 0 Å². The van der Waals surface area contributed by atoms with Crippen molar-refractivity contribution in [2.45, 2.75) is 24.7 Å². The second-order valence-corrected chi connectivity index (χ2v) is 9.32. The molecule has 0 aliphatic carbocycles. The third kappa shape index (κ3) is 4.09. The number of nitrogens with zero attached hydrogens (tertiary/aromatic N) is 4. The maximum atomic E-state index is 13.2. The van der Waals surface area contributed by atoms with Crippen LogP contribution in [0.5, 0.6) is 0 Å². The summed E-state index contributed by atoms with van der Waals surface area (Å²) in [6.45, 7) is 1.13. The maximum Gasteiger partial charge on any atom is 0.281 e. The van der Waals surface area contributed by atoms with E-state index in [9.17, 15) is 12.8 Å². The summed E-state index contributed by atoms with van der Waals surface area (Å²) in [4.78, 5) is 4.53. The number of rotatable bonds is 7. The number of piperidine rings is 1. The van der Waals surface area contributed by atoms with Crippen LogP contribution in [0, 0.1) is 5.82 Å². The Balaban J connectivity index is 1.94. The lowest BCUT2D eigenvalue weighted by Gasteiger charge is -2.40. The summed E-state index contributed by atoms with van der Waals surface area (Å²) in [5, 5.41) is 4.15. The Morgan fingerprint density at radius 1 is 1.32 bits per heavy atom. The smallest absolute Gasteiger partial charge is 0.281 e. The Kier molecular flexibility index (Phi) is 6.13. The molecule has 1 aromatic carbocycles. The highest BCUT2D eigenvalue weighted by Crippen LogP contribution is 2.37.